The highest BCUT2D eigenvalue weighted by Gasteiger charge is 2.25. The van der Waals surface area contributed by atoms with Gasteiger partial charge in [-0.25, -0.2) is 0 Å². The molecular formula is C12H22N4S. The van der Waals surface area contributed by atoms with Gasteiger partial charge in [0.05, 0.1) is 0 Å². The molecule has 5 heteroatoms. The standard InChI is InChI=1S/C12H22N4S/c1-9-14-15-12(16(9)3)17-8-7-10-5-4-6-11(10)13-2/h10-11,13H,4-8H2,1-3H3. The summed E-state index contributed by atoms with van der Waals surface area (Å²) in [5, 5.41) is 12.7. The summed E-state index contributed by atoms with van der Waals surface area (Å²) >= 11 is 1.83. The Hall–Kier alpha value is -0.550. The average Bonchev–Trinajstić information content (AvgIpc) is 2.90. The summed E-state index contributed by atoms with van der Waals surface area (Å²) in [7, 11) is 4.12. The number of hydrogen-bond donors (Lipinski definition) is 1. The first-order valence-electron chi connectivity index (χ1n) is 6.38. The molecule has 1 aromatic heterocycles. The van der Waals surface area contributed by atoms with Crippen molar-refractivity contribution in [1.82, 2.24) is 20.1 Å². The maximum atomic E-state index is 4.18. The van der Waals surface area contributed by atoms with Gasteiger partial charge in [-0.2, -0.15) is 0 Å². The van der Waals surface area contributed by atoms with Crippen LogP contribution in [0.25, 0.3) is 0 Å². The number of rotatable bonds is 5. The molecular weight excluding hydrogens is 232 g/mol. The van der Waals surface area contributed by atoms with Gasteiger partial charge >= 0.3 is 0 Å². The third-order valence-electron chi connectivity index (χ3n) is 3.80. The molecule has 1 aliphatic carbocycles. The third kappa shape index (κ3) is 3.01. The zero-order valence-corrected chi connectivity index (χ0v) is 11.8. The molecule has 1 aliphatic rings. The molecule has 0 amide bonds. The summed E-state index contributed by atoms with van der Waals surface area (Å²) < 4.78 is 2.06. The van der Waals surface area contributed by atoms with Crippen molar-refractivity contribution in [2.45, 2.75) is 43.8 Å². The summed E-state index contributed by atoms with van der Waals surface area (Å²) in [4.78, 5) is 0. The lowest BCUT2D eigenvalue weighted by Gasteiger charge is -2.18. The maximum Gasteiger partial charge on any atom is 0.190 e. The maximum absolute atomic E-state index is 4.18. The van der Waals surface area contributed by atoms with Gasteiger partial charge < -0.3 is 9.88 Å². The molecule has 1 saturated carbocycles. The van der Waals surface area contributed by atoms with Gasteiger partial charge in [-0.3, -0.25) is 0 Å². The van der Waals surface area contributed by atoms with Gasteiger partial charge in [0.1, 0.15) is 5.82 Å². The van der Waals surface area contributed by atoms with Crippen molar-refractivity contribution < 1.29 is 0 Å². The average molecular weight is 254 g/mol. The fraction of sp³-hybridized carbons (Fsp3) is 0.833. The first-order valence-corrected chi connectivity index (χ1v) is 7.37. The minimum absolute atomic E-state index is 0.733. The Bertz CT molecular complexity index is 363. The monoisotopic (exact) mass is 254 g/mol. The lowest BCUT2D eigenvalue weighted by molar-refractivity contribution is 0.417. The van der Waals surface area contributed by atoms with Crippen molar-refractivity contribution in [2.24, 2.45) is 13.0 Å². The van der Waals surface area contributed by atoms with Crippen LogP contribution >= 0.6 is 11.8 Å². The number of nitrogens with zero attached hydrogens (tertiary/aromatic N) is 3. The normalized spacial score (nSPS) is 24.4. The van der Waals surface area contributed by atoms with Gasteiger partial charge in [0, 0.05) is 18.8 Å². The second-order valence-corrected chi connectivity index (χ2v) is 5.87. The predicted octanol–water partition coefficient (Wildman–Crippen LogP) is 1.99. The van der Waals surface area contributed by atoms with Gasteiger partial charge in [0.25, 0.3) is 0 Å². The lowest BCUT2D eigenvalue weighted by Crippen LogP contribution is -2.29. The molecule has 0 bridgehead atoms. The Morgan fingerprint density at radius 2 is 2.24 bits per heavy atom. The van der Waals surface area contributed by atoms with Crippen molar-refractivity contribution in [3.8, 4) is 0 Å². The van der Waals surface area contributed by atoms with Gasteiger partial charge in [0.2, 0.25) is 0 Å². The highest BCUT2D eigenvalue weighted by Crippen LogP contribution is 2.30. The molecule has 2 rings (SSSR count). The number of aromatic nitrogens is 3. The third-order valence-corrected chi connectivity index (χ3v) is 4.86. The molecule has 0 aliphatic heterocycles. The Morgan fingerprint density at radius 1 is 1.41 bits per heavy atom. The zero-order chi connectivity index (χ0) is 12.3. The van der Waals surface area contributed by atoms with Crippen LogP contribution in [0.3, 0.4) is 0 Å². The van der Waals surface area contributed by atoms with Crippen molar-refractivity contribution in [1.29, 1.82) is 0 Å². The van der Waals surface area contributed by atoms with Gasteiger partial charge in [-0.15, -0.1) is 10.2 Å². The first-order chi connectivity index (χ1) is 8.22. The van der Waals surface area contributed by atoms with E-state index in [1.807, 2.05) is 25.7 Å². The molecule has 1 aromatic rings. The zero-order valence-electron chi connectivity index (χ0n) is 10.9. The van der Waals surface area contributed by atoms with Crippen LogP contribution in [0, 0.1) is 12.8 Å². The number of aryl methyl sites for hydroxylation is 1. The molecule has 2 unspecified atom stereocenters. The van der Waals surface area contributed by atoms with E-state index in [2.05, 4.69) is 27.1 Å². The largest absolute Gasteiger partial charge is 0.317 e. The fourth-order valence-corrected chi connectivity index (χ4v) is 3.60. The Labute approximate surface area is 108 Å². The van der Waals surface area contributed by atoms with Crippen LogP contribution in [0.1, 0.15) is 31.5 Å². The fourth-order valence-electron chi connectivity index (χ4n) is 2.58. The van der Waals surface area contributed by atoms with Gasteiger partial charge in [0.15, 0.2) is 5.16 Å². The smallest absolute Gasteiger partial charge is 0.190 e. The van der Waals surface area contributed by atoms with E-state index in [9.17, 15) is 0 Å². The summed E-state index contributed by atoms with van der Waals surface area (Å²) in [5.74, 6) is 2.98. The quantitative estimate of drug-likeness (QED) is 0.816. The van der Waals surface area contributed by atoms with E-state index in [-0.39, 0.29) is 0 Å². The predicted molar refractivity (Wildman–Crippen MR) is 71.3 cm³/mol. The Morgan fingerprint density at radius 3 is 2.88 bits per heavy atom. The van der Waals surface area contributed by atoms with Crippen LogP contribution in [0.5, 0.6) is 0 Å². The van der Waals surface area contributed by atoms with Crippen molar-refractivity contribution >= 4 is 11.8 Å². The van der Waals surface area contributed by atoms with Gasteiger partial charge in [-0.1, -0.05) is 18.2 Å². The van der Waals surface area contributed by atoms with E-state index in [1.165, 1.54) is 25.7 Å². The number of thioether (sulfide) groups is 1. The molecule has 2 atom stereocenters. The molecule has 1 N–H and O–H groups in total. The molecule has 0 spiro atoms. The van der Waals surface area contributed by atoms with Crippen LogP contribution in [0.4, 0.5) is 0 Å². The minimum atomic E-state index is 0.733. The Kier molecular flexibility index (Phi) is 4.45. The molecule has 4 nitrogen and oxygen atoms in total. The molecule has 1 fully saturated rings. The SMILES string of the molecule is CNC1CCCC1CCSc1nnc(C)n1C. The summed E-state index contributed by atoms with van der Waals surface area (Å²) in [6.07, 6.45) is 5.38. The van der Waals surface area contributed by atoms with Crippen LogP contribution < -0.4 is 5.32 Å². The first kappa shape index (κ1) is 12.9. The summed E-state index contributed by atoms with van der Waals surface area (Å²) in [5.41, 5.74) is 0. The second-order valence-electron chi connectivity index (χ2n) is 4.81. The van der Waals surface area contributed by atoms with Crippen molar-refractivity contribution in [3.05, 3.63) is 5.82 Å². The highest BCUT2D eigenvalue weighted by molar-refractivity contribution is 7.99. The van der Waals surface area contributed by atoms with Crippen molar-refractivity contribution in [2.75, 3.05) is 12.8 Å². The summed E-state index contributed by atoms with van der Waals surface area (Å²) in [6.45, 7) is 1.99. The van der Waals surface area contributed by atoms with Crippen molar-refractivity contribution in [3.63, 3.8) is 0 Å². The topological polar surface area (TPSA) is 42.7 Å². The van der Waals surface area contributed by atoms with E-state index >= 15 is 0 Å². The van der Waals surface area contributed by atoms with E-state index in [1.54, 1.807) is 0 Å². The van der Waals surface area contributed by atoms with Crippen LogP contribution in [0.15, 0.2) is 5.16 Å². The molecule has 0 radical (unpaired) electrons. The molecule has 0 saturated heterocycles. The van der Waals surface area contributed by atoms with E-state index in [0.29, 0.717) is 0 Å². The van der Waals surface area contributed by atoms with Crippen LogP contribution in [0.2, 0.25) is 0 Å². The van der Waals surface area contributed by atoms with Crippen LogP contribution in [-0.2, 0) is 7.05 Å². The molecule has 0 aromatic carbocycles. The van der Waals surface area contributed by atoms with Gasteiger partial charge in [-0.05, 0) is 39.2 Å². The van der Waals surface area contributed by atoms with E-state index in [0.717, 1.165) is 28.7 Å². The van der Waals surface area contributed by atoms with Crippen LogP contribution in [-0.4, -0.2) is 33.6 Å². The minimum Gasteiger partial charge on any atom is -0.317 e. The molecule has 96 valence electrons. The van der Waals surface area contributed by atoms with E-state index in [4.69, 9.17) is 0 Å². The number of nitrogens with one attached hydrogen (secondary N) is 1. The lowest BCUT2D eigenvalue weighted by atomic mass is 10.0. The molecule has 1 heterocycles. The van der Waals surface area contributed by atoms with E-state index < -0.39 is 0 Å². The highest BCUT2D eigenvalue weighted by atomic mass is 32.2. The second kappa shape index (κ2) is 5.87. The Balaban J connectivity index is 1.78. The molecule has 17 heavy (non-hydrogen) atoms. The summed E-state index contributed by atoms with van der Waals surface area (Å²) in [6, 6.07) is 0.733. The number of hydrogen-bond acceptors (Lipinski definition) is 4.